The van der Waals surface area contributed by atoms with Crippen LogP contribution in [0.3, 0.4) is 0 Å². The molecule has 0 fully saturated rings. The Morgan fingerprint density at radius 1 is 0.328 bits per heavy atom. The maximum atomic E-state index is 6.27. The number of nitrogens with zero attached hydrogens (tertiary/aromatic N) is 2. The number of furan rings is 1. The number of thiophene rings is 1. The normalized spacial score (nSPS) is 12.1. The second-order valence-corrected chi connectivity index (χ2v) is 16.3. The highest BCUT2D eigenvalue weighted by atomic mass is 32.1. The van der Waals surface area contributed by atoms with Crippen LogP contribution in [0.15, 0.2) is 199 Å². The highest BCUT2D eigenvalue weighted by Gasteiger charge is 2.20. The summed E-state index contributed by atoms with van der Waals surface area (Å²) in [4.78, 5) is 0. The van der Waals surface area contributed by atoms with Crippen molar-refractivity contribution in [3.63, 3.8) is 0 Å². The van der Waals surface area contributed by atoms with E-state index in [0.29, 0.717) is 0 Å². The molecule has 0 aliphatic heterocycles. The maximum absolute atomic E-state index is 6.27. The van der Waals surface area contributed by atoms with Gasteiger partial charge < -0.3 is 13.6 Å². The predicted octanol–water partition coefficient (Wildman–Crippen LogP) is 15.5. The molecule has 4 aromatic heterocycles. The van der Waals surface area contributed by atoms with Crippen molar-refractivity contribution in [2.75, 3.05) is 0 Å². The Morgan fingerprint density at radius 3 is 1.60 bits per heavy atom. The molecule has 13 rings (SSSR count). The van der Waals surface area contributed by atoms with Crippen molar-refractivity contribution in [2.45, 2.75) is 0 Å². The minimum atomic E-state index is 0.908. The van der Waals surface area contributed by atoms with Crippen molar-refractivity contribution < 1.29 is 4.42 Å². The molecule has 13 aromatic rings. The zero-order valence-corrected chi connectivity index (χ0v) is 32.0. The molecular formula is C54H32N2OS. The van der Waals surface area contributed by atoms with Crippen molar-refractivity contribution >= 4 is 97.1 Å². The molecule has 0 saturated carbocycles. The SMILES string of the molecule is c1ccc(-n2c3ccccc3c3ccc(-c4ccc5c6ccccc6n(-c6cc(-c7ccc8oc9ccccc9c8c7)c7sc8ccccc8c7c6)c5c4)cc32)cc1. The standard InChI is InChI=1S/C54H32N2OS/c1-2-12-36(13-3-1)55-47-18-8-4-14-38(47)40-25-22-33(29-49(40)55)34-23-26-41-39-15-5-9-19-48(39)56(50(41)30-34)37-31-44(54-46(32-37)43-17-7-11-21-53(43)58-54)35-24-27-52-45(28-35)42-16-6-10-20-51(42)57-52/h1-32H. The van der Waals surface area contributed by atoms with Crippen LogP contribution < -0.4 is 0 Å². The molecule has 0 bridgehead atoms. The van der Waals surface area contributed by atoms with E-state index in [9.17, 15) is 0 Å². The Morgan fingerprint density at radius 2 is 0.879 bits per heavy atom. The van der Waals surface area contributed by atoms with Crippen LogP contribution in [0, 0.1) is 0 Å². The second kappa shape index (κ2) is 12.1. The zero-order valence-electron chi connectivity index (χ0n) is 31.2. The molecule has 0 atom stereocenters. The third-order valence-electron chi connectivity index (χ3n) is 12.1. The van der Waals surface area contributed by atoms with Gasteiger partial charge in [-0.2, -0.15) is 0 Å². The maximum Gasteiger partial charge on any atom is 0.135 e. The number of fused-ring (bicyclic) bond motifs is 12. The molecule has 0 spiro atoms. The molecule has 0 N–H and O–H groups in total. The predicted molar refractivity (Wildman–Crippen MR) is 246 cm³/mol. The van der Waals surface area contributed by atoms with Gasteiger partial charge in [0, 0.05) is 69.4 Å². The van der Waals surface area contributed by atoms with Crippen LogP contribution in [0.2, 0.25) is 0 Å². The molecule has 4 heteroatoms. The van der Waals surface area contributed by atoms with E-state index in [1.54, 1.807) is 0 Å². The highest BCUT2D eigenvalue weighted by molar-refractivity contribution is 7.26. The summed E-state index contributed by atoms with van der Waals surface area (Å²) in [5.74, 6) is 0. The number of rotatable bonds is 4. The van der Waals surface area contributed by atoms with Crippen LogP contribution in [0.5, 0.6) is 0 Å². The van der Waals surface area contributed by atoms with E-state index < -0.39 is 0 Å². The Balaban J connectivity index is 1.07. The van der Waals surface area contributed by atoms with Gasteiger partial charge in [-0.05, 0) is 89.5 Å². The lowest BCUT2D eigenvalue weighted by molar-refractivity contribution is 0.669. The van der Waals surface area contributed by atoms with Gasteiger partial charge in [-0.15, -0.1) is 11.3 Å². The van der Waals surface area contributed by atoms with Crippen LogP contribution >= 0.6 is 11.3 Å². The molecule has 0 amide bonds. The number of hydrogen-bond donors (Lipinski definition) is 0. The summed E-state index contributed by atoms with van der Waals surface area (Å²) in [7, 11) is 0. The van der Waals surface area contributed by atoms with Gasteiger partial charge in [-0.3, -0.25) is 0 Å². The number of hydrogen-bond acceptors (Lipinski definition) is 2. The van der Waals surface area contributed by atoms with Gasteiger partial charge in [0.15, 0.2) is 0 Å². The van der Waals surface area contributed by atoms with Gasteiger partial charge >= 0.3 is 0 Å². The Labute approximate surface area is 336 Å². The molecule has 270 valence electrons. The summed E-state index contributed by atoms with van der Waals surface area (Å²) in [6.07, 6.45) is 0. The average molecular weight is 757 g/mol. The van der Waals surface area contributed by atoms with E-state index in [1.165, 1.54) is 86.0 Å². The largest absolute Gasteiger partial charge is 0.456 e. The summed E-state index contributed by atoms with van der Waals surface area (Å²) < 4.78 is 13.7. The summed E-state index contributed by atoms with van der Waals surface area (Å²) in [5.41, 5.74) is 13.7. The van der Waals surface area contributed by atoms with E-state index in [0.717, 1.165) is 33.3 Å². The molecule has 0 unspecified atom stereocenters. The fourth-order valence-corrected chi connectivity index (χ4v) is 10.7. The van der Waals surface area contributed by atoms with Crippen molar-refractivity contribution in [1.82, 2.24) is 9.13 Å². The van der Waals surface area contributed by atoms with Crippen LogP contribution in [0.4, 0.5) is 0 Å². The molecule has 0 aliphatic carbocycles. The van der Waals surface area contributed by atoms with Crippen LogP contribution in [0.25, 0.3) is 119 Å². The van der Waals surface area contributed by atoms with E-state index >= 15 is 0 Å². The highest BCUT2D eigenvalue weighted by Crippen LogP contribution is 2.45. The third-order valence-corrected chi connectivity index (χ3v) is 13.3. The second-order valence-electron chi connectivity index (χ2n) is 15.3. The van der Waals surface area contributed by atoms with Gasteiger partial charge in [0.25, 0.3) is 0 Å². The van der Waals surface area contributed by atoms with Crippen LogP contribution in [-0.2, 0) is 0 Å². The summed E-state index contributed by atoms with van der Waals surface area (Å²) >= 11 is 1.87. The zero-order chi connectivity index (χ0) is 37.9. The summed E-state index contributed by atoms with van der Waals surface area (Å²) in [6, 6.07) is 70.9. The molecular weight excluding hydrogens is 725 g/mol. The number of aromatic nitrogens is 2. The fraction of sp³-hybridized carbons (Fsp3) is 0. The molecule has 0 saturated heterocycles. The molecule has 9 aromatic carbocycles. The van der Waals surface area contributed by atoms with E-state index in [2.05, 4.69) is 197 Å². The number of benzene rings is 9. The summed E-state index contributed by atoms with van der Waals surface area (Å²) in [5, 5.41) is 9.82. The van der Waals surface area contributed by atoms with E-state index in [4.69, 9.17) is 4.42 Å². The Bertz CT molecular complexity index is 3800. The van der Waals surface area contributed by atoms with Crippen molar-refractivity contribution in [1.29, 1.82) is 0 Å². The average Bonchev–Trinajstić information content (AvgIpc) is 4.03. The minimum absolute atomic E-state index is 0.908. The smallest absolute Gasteiger partial charge is 0.135 e. The molecule has 3 nitrogen and oxygen atoms in total. The van der Waals surface area contributed by atoms with E-state index in [1.807, 2.05) is 17.4 Å². The first-order chi connectivity index (χ1) is 28.7. The monoisotopic (exact) mass is 756 g/mol. The van der Waals surface area contributed by atoms with Crippen LogP contribution in [-0.4, -0.2) is 9.13 Å². The Kier molecular flexibility index (Phi) is 6.60. The minimum Gasteiger partial charge on any atom is -0.456 e. The van der Waals surface area contributed by atoms with Crippen molar-refractivity contribution in [2.24, 2.45) is 0 Å². The summed E-state index contributed by atoms with van der Waals surface area (Å²) in [6.45, 7) is 0. The van der Waals surface area contributed by atoms with Gasteiger partial charge in [0.2, 0.25) is 0 Å². The molecule has 4 heterocycles. The van der Waals surface area contributed by atoms with Gasteiger partial charge in [-0.1, -0.05) is 121 Å². The van der Waals surface area contributed by atoms with Crippen molar-refractivity contribution in [3.8, 4) is 33.6 Å². The van der Waals surface area contributed by atoms with Gasteiger partial charge in [0.1, 0.15) is 11.2 Å². The first-order valence-electron chi connectivity index (χ1n) is 19.7. The Hall–Kier alpha value is -7.40. The lowest BCUT2D eigenvalue weighted by atomic mass is 9.99. The fourth-order valence-electron chi connectivity index (χ4n) is 9.48. The lowest BCUT2D eigenvalue weighted by Crippen LogP contribution is -1.95. The third kappa shape index (κ3) is 4.55. The first-order valence-corrected chi connectivity index (χ1v) is 20.6. The van der Waals surface area contributed by atoms with Crippen molar-refractivity contribution in [3.05, 3.63) is 194 Å². The molecule has 0 aliphatic rings. The first kappa shape index (κ1) is 31.8. The topological polar surface area (TPSA) is 23.0 Å². The van der Waals surface area contributed by atoms with Gasteiger partial charge in [-0.25, -0.2) is 0 Å². The quantitative estimate of drug-likeness (QED) is 0.175. The van der Waals surface area contributed by atoms with Gasteiger partial charge in [0.05, 0.1) is 22.1 Å². The molecule has 58 heavy (non-hydrogen) atoms. The van der Waals surface area contributed by atoms with Crippen LogP contribution in [0.1, 0.15) is 0 Å². The van der Waals surface area contributed by atoms with E-state index in [-0.39, 0.29) is 0 Å². The lowest BCUT2D eigenvalue weighted by Gasteiger charge is -2.13. The number of para-hydroxylation sites is 4. The molecule has 0 radical (unpaired) electrons.